The summed E-state index contributed by atoms with van der Waals surface area (Å²) in [5.74, 6) is -0.583. The van der Waals surface area contributed by atoms with E-state index in [1.54, 1.807) is 11.1 Å². The molecule has 90 valence electrons. The Bertz CT molecular complexity index is 476. The van der Waals surface area contributed by atoms with E-state index in [-0.39, 0.29) is 22.9 Å². The Balaban J connectivity index is 3.04. The first-order valence-electron chi connectivity index (χ1n) is 5.14. The molecular weight excluding hydrogens is 218 g/mol. The van der Waals surface area contributed by atoms with Crippen molar-refractivity contribution in [3.63, 3.8) is 0 Å². The van der Waals surface area contributed by atoms with E-state index in [1.165, 1.54) is 31.2 Å². The van der Waals surface area contributed by atoms with Gasteiger partial charge in [0.05, 0.1) is 5.56 Å². The number of rotatable bonds is 4. The van der Waals surface area contributed by atoms with Gasteiger partial charge in [-0.2, -0.15) is 0 Å². The Morgan fingerprint density at radius 3 is 2.47 bits per heavy atom. The number of Topliss-reactive ketones (excluding diaryl/α,β-unsaturated/α-hetero) is 1. The van der Waals surface area contributed by atoms with Crippen LogP contribution in [-0.2, 0) is 0 Å². The van der Waals surface area contributed by atoms with E-state index >= 15 is 0 Å². The SMILES string of the molecule is CC(=O)c1cc(C(=O)/C=C/N(C)C)ccc1O. The standard InChI is InChI=1S/C13H15NO3/c1-9(15)11-8-10(4-5-13(11)17)12(16)6-7-14(2)3/h4-8,17H,1-3H3/b7-6+. The van der Waals surface area contributed by atoms with Crippen LogP contribution in [0, 0.1) is 0 Å². The number of phenols is 1. The summed E-state index contributed by atoms with van der Waals surface area (Å²) < 4.78 is 0. The zero-order chi connectivity index (χ0) is 13.0. The molecule has 0 aliphatic carbocycles. The van der Waals surface area contributed by atoms with Crippen molar-refractivity contribution in [2.24, 2.45) is 0 Å². The number of carbonyl (C=O) groups excluding carboxylic acids is 2. The van der Waals surface area contributed by atoms with Crippen molar-refractivity contribution in [1.29, 1.82) is 0 Å². The lowest BCUT2D eigenvalue weighted by atomic mass is 10.0. The number of carbonyl (C=O) groups is 2. The van der Waals surface area contributed by atoms with Crippen LogP contribution in [0.2, 0.25) is 0 Å². The van der Waals surface area contributed by atoms with Crippen LogP contribution in [0.5, 0.6) is 5.75 Å². The molecule has 1 N–H and O–H groups in total. The zero-order valence-electron chi connectivity index (χ0n) is 10.1. The number of hydrogen-bond donors (Lipinski definition) is 1. The average Bonchev–Trinajstić information content (AvgIpc) is 2.26. The van der Waals surface area contributed by atoms with Crippen LogP contribution in [0.3, 0.4) is 0 Å². The first kappa shape index (κ1) is 13.0. The molecule has 0 heterocycles. The van der Waals surface area contributed by atoms with Crippen molar-refractivity contribution in [2.75, 3.05) is 14.1 Å². The smallest absolute Gasteiger partial charge is 0.187 e. The molecule has 1 rings (SSSR count). The van der Waals surface area contributed by atoms with Crippen molar-refractivity contribution in [3.8, 4) is 5.75 Å². The van der Waals surface area contributed by atoms with Crippen LogP contribution in [0.4, 0.5) is 0 Å². The predicted molar refractivity (Wildman–Crippen MR) is 65.3 cm³/mol. The maximum absolute atomic E-state index is 11.7. The first-order valence-corrected chi connectivity index (χ1v) is 5.14. The Labute approximate surface area is 100 Å². The second kappa shape index (κ2) is 5.30. The quantitative estimate of drug-likeness (QED) is 0.637. The van der Waals surface area contributed by atoms with Gasteiger partial charge in [0.15, 0.2) is 11.6 Å². The number of benzene rings is 1. The van der Waals surface area contributed by atoms with Crippen LogP contribution in [-0.4, -0.2) is 35.7 Å². The van der Waals surface area contributed by atoms with Gasteiger partial charge in [-0.05, 0) is 25.1 Å². The Kier molecular flexibility index (Phi) is 4.04. The lowest BCUT2D eigenvalue weighted by molar-refractivity contribution is 0.101. The molecule has 17 heavy (non-hydrogen) atoms. The molecule has 0 radical (unpaired) electrons. The van der Waals surface area contributed by atoms with E-state index in [0.717, 1.165) is 0 Å². The monoisotopic (exact) mass is 233 g/mol. The summed E-state index contributed by atoms with van der Waals surface area (Å²) >= 11 is 0. The van der Waals surface area contributed by atoms with Gasteiger partial charge in [-0.3, -0.25) is 9.59 Å². The summed E-state index contributed by atoms with van der Waals surface area (Å²) in [4.78, 5) is 24.7. The minimum absolute atomic E-state index is 0.106. The minimum Gasteiger partial charge on any atom is -0.507 e. The molecule has 0 aliphatic heterocycles. The molecule has 0 saturated heterocycles. The second-order valence-corrected chi connectivity index (χ2v) is 3.93. The average molecular weight is 233 g/mol. The molecule has 0 aliphatic rings. The van der Waals surface area contributed by atoms with Crippen LogP contribution in [0.15, 0.2) is 30.5 Å². The minimum atomic E-state index is -0.270. The largest absolute Gasteiger partial charge is 0.507 e. The van der Waals surface area contributed by atoms with Gasteiger partial charge in [0.25, 0.3) is 0 Å². The van der Waals surface area contributed by atoms with Gasteiger partial charge in [-0.15, -0.1) is 0 Å². The van der Waals surface area contributed by atoms with Gasteiger partial charge < -0.3 is 10.0 Å². The molecule has 0 bridgehead atoms. The fraction of sp³-hybridized carbons (Fsp3) is 0.231. The topological polar surface area (TPSA) is 57.6 Å². The lowest BCUT2D eigenvalue weighted by Gasteiger charge is -2.04. The maximum atomic E-state index is 11.7. The van der Waals surface area contributed by atoms with Gasteiger partial charge in [-0.1, -0.05) is 0 Å². The molecule has 4 heteroatoms. The van der Waals surface area contributed by atoms with Crippen molar-refractivity contribution >= 4 is 11.6 Å². The summed E-state index contributed by atoms with van der Waals surface area (Å²) in [6.45, 7) is 1.35. The van der Waals surface area contributed by atoms with Gasteiger partial charge in [-0.25, -0.2) is 0 Å². The van der Waals surface area contributed by atoms with Crippen molar-refractivity contribution < 1.29 is 14.7 Å². The van der Waals surface area contributed by atoms with Crippen molar-refractivity contribution in [2.45, 2.75) is 6.92 Å². The molecule has 0 atom stereocenters. The number of hydrogen-bond acceptors (Lipinski definition) is 4. The molecule has 0 unspecified atom stereocenters. The molecule has 1 aromatic carbocycles. The van der Waals surface area contributed by atoms with Crippen LogP contribution < -0.4 is 0 Å². The highest BCUT2D eigenvalue weighted by molar-refractivity contribution is 6.07. The molecule has 1 aromatic rings. The van der Waals surface area contributed by atoms with Crippen LogP contribution in [0.25, 0.3) is 0 Å². The molecule has 0 aromatic heterocycles. The Hall–Kier alpha value is -2.10. The molecule has 4 nitrogen and oxygen atoms in total. The summed E-state index contributed by atoms with van der Waals surface area (Å²) in [6, 6.07) is 4.25. The molecule has 0 spiro atoms. The maximum Gasteiger partial charge on any atom is 0.187 e. The van der Waals surface area contributed by atoms with Crippen molar-refractivity contribution in [1.82, 2.24) is 4.90 Å². The molecular formula is C13H15NO3. The van der Waals surface area contributed by atoms with Crippen molar-refractivity contribution in [3.05, 3.63) is 41.6 Å². The number of nitrogens with zero attached hydrogens (tertiary/aromatic N) is 1. The van der Waals surface area contributed by atoms with E-state index < -0.39 is 0 Å². The summed E-state index contributed by atoms with van der Waals surface area (Å²) in [5, 5.41) is 9.45. The van der Waals surface area contributed by atoms with Gasteiger partial charge in [0.2, 0.25) is 0 Å². The van der Waals surface area contributed by atoms with Gasteiger partial charge in [0.1, 0.15) is 5.75 Å². The first-order chi connectivity index (χ1) is 7.91. The normalized spacial score (nSPS) is 10.5. The highest BCUT2D eigenvalue weighted by Crippen LogP contribution is 2.19. The van der Waals surface area contributed by atoms with Gasteiger partial charge >= 0.3 is 0 Å². The summed E-state index contributed by atoms with van der Waals surface area (Å²) in [5.41, 5.74) is 0.542. The predicted octanol–water partition coefficient (Wildman–Crippen LogP) is 1.85. The van der Waals surface area contributed by atoms with Gasteiger partial charge in [0, 0.05) is 31.9 Å². The highest BCUT2D eigenvalue weighted by Gasteiger charge is 2.10. The zero-order valence-corrected chi connectivity index (χ0v) is 10.1. The third kappa shape index (κ3) is 3.45. The molecule has 0 saturated carbocycles. The highest BCUT2D eigenvalue weighted by atomic mass is 16.3. The van der Waals surface area contributed by atoms with Crippen LogP contribution >= 0.6 is 0 Å². The number of allylic oxidation sites excluding steroid dienone is 1. The molecule has 0 amide bonds. The number of phenolic OH excluding ortho intramolecular Hbond substituents is 1. The lowest BCUT2D eigenvalue weighted by Crippen LogP contribution is -2.04. The summed E-state index contributed by atoms with van der Waals surface area (Å²) in [7, 11) is 3.61. The summed E-state index contributed by atoms with van der Waals surface area (Å²) in [6.07, 6.45) is 3.04. The second-order valence-electron chi connectivity index (χ2n) is 3.93. The van der Waals surface area contributed by atoms with E-state index in [9.17, 15) is 14.7 Å². The molecule has 0 fully saturated rings. The van der Waals surface area contributed by atoms with E-state index in [0.29, 0.717) is 5.56 Å². The number of ketones is 2. The third-order valence-electron chi connectivity index (χ3n) is 2.18. The van der Waals surface area contributed by atoms with Crippen LogP contribution in [0.1, 0.15) is 27.6 Å². The third-order valence-corrected chi connectivity index (χ3v) is 2.18. The number of aromatic hydroxyl groups is 1. The van der Waals surface area contributed by atoms with E-state index in [1.807, 2.05) is 14.1 Å². The fourth-order valence-corrected chi connectivity index (χ4v) is 1.28. The van der Waals surface area contributed by atoms with E-state index in [2.05, 4.69) is 0 Å². The van der Waals surface area contributed by atoms with E-state index in [4.69, 9.17) is 0 Å². The Morgan fingerprint density at radius 2 is 1.94 bits per heavy atom. The Morgan fingerprint density at radius 1 is 1.29 bits per heavy atom. The fourth-order valence-electron chi connectivity index (χ4n) is 1.28.